The van der Waals surface area contributed by atoms with E-state index < -0.39 is 46.5 Å². The highest BCUT2D eigenvalue weighted by molar-refractivity contribution is 6.03. The molecule has 12 heteroatoms. The number of pyridine rings is 1. The van der Waals surface area contributed by atoms with Gasteiger partial charge in [-0.1, -0.05) is 36.4 Å². The standard InChI is InChI=1S/C29H29F6N3O3/c1-27(2,22-10-9-18(28(30,31)32)11-23(22)29(33,34)35)26(41)37(3)24-14-36-25(38-15-20(40)12-19(38)16-39)13-21(24)17-7-5-4-6-8-17/h4-11,13-14,19-20,39-40H,12,15-16H2,1-3H3. The minimum absolute atomic E-state index is 0.0260. The Bertz CT molecular complexity index is 1410. The maximum Gasteiger partial charge on any atom is 0.416 e. The minimum atomic E-state index is -5.14. The van der Waals surface area contributed by atoms with Crippen molar-refractivity contribution in [2.24, 2.45) is 0 Å². The molecule has 0 radical (unpaired) electrons. The number of amides is 1. The number of hydrogen-bond acceptors (Lipinski definition) is 5. The predicted molar refractivity (Wildman–Crippen MR) is 141 cm³/mol. The van der Waals surface area contributed by atoms with Gasteiger partial charge in [0.1, 0.15) is 5.82 Å². The molecule has 3 aromatic rings. The molecule has 0 bridgehead atoms. The summed E-state index contributed by atoms with van der Waals surface area (Å²) < 4.78 is 81.6. The van der Waals surface area contributed by atoms with Crippen molar-refractivity contribution in [1.29, 1.82) is 0 Å². The van der Waals surface area contributed by atoms with E-state index in [-0.39, 0.29) is 30.9 Å². The van der Waals surface area contributed by atoms with Gasteiger partial charge in [-0.3, -0.25) is 4.79 Å². The second-order valence-electron chi connectivity index (χ2n) is 10.5. The number of alkyl halides is 6. The van der Waals surface area contributed by atoms with Gasteiger partial charge < -0.3 is 20.0 Å². The van der Waals surface area contributed by atoms with Gasteiger partial charge in [-0.15, -0.1) is 0 Å². The van der Waals surface area contributed by atoms with E-state index in [1.165, 1.54) is 27.1 Å². The quantitative estimate of drug-likeness (QED) is 0.368. The van der Waals surface area contributed by atoms with E-state index in [0.29, 0.717) is 35.5 Å². The van der Waals surface area contributed by atoms with Crippen LogP contribution in [0, 0.1) is 0 Å². The smallest absolute Gasteiger partial charge is 0.394 e. The van der Waals surface area contributed by atoms with Gasteiger partial charge in [-0.05, 0) is 49.6 Å². The second-order valence-corrected chi connectivity index (χ2v) is 10.5. The molecule has 1 fully saturated rings. The predicted octanol–water partition coefficient (Wildman–Crippen LogP) is 5.66. The minimum Gasteiger partial charge on any atom is -0.394 e. The normalized spacial score (nSPS) is 18.1. The number of rotatable bonds is 6. The molecular formula is C29H29F6N3O3. The van der Waals surface area contributed by atoms with E-state index in [1.807, 2.05) is 0 Å². The summed E-state index contributed by atoms with van der Waals surface area (Å²) in [6.45, 7) is 2.46. The van der Waals surface area contributed by atoms with Crippen molar-refractivity contribution in [3.63, 3.8) is 0 Å². The van der Waals surface area contributed by atoms with Crippen molar-refractivity contribution < 1.29 is 41.4 Å². The second kappa shape index (κ2) is 11.0. The largest absolute Gasteiger partial charge is 0.416 e. The summed E-state index contributed by atoms with van der Waals surface area (Å²) in [5.74, 6) is -0.385. The topological polar surface area (TPSA) is 76.9 Å². The number of aliphatic hydroxyl groups is 2. The summed E-state index contributed by atoms with van der Waals surface area (Å²) in [5, 5.41) is 19.9. The lowest BCUT2D eigenvalue weighted by atomic mass is 9.79. The molecule has 2 heterocycles. The first-order valence-electron chi connectivity index (χ1n) is 12.7. The summed E-state index contributed by atoms with van der Waals surface area (Å²) in [7, 11) is 1.36. The fourth-order valence-electron chi connectivity index (χ4n) is 5.20. The number of carbonyl (C=O) groups is 1. The van der Waals surface area contributed by atoms with Crippen molar-refractivity contribution in [2.45, 2.75) is 50.2 Å². The van der Waals surface area contributed by atoms with Crippen LogP contribution in [0.25, 0.3) is 11.1 Å². The van der Waals surface area contributed by atoms with E-state index in [2.05, 4.69) is 4.98 Å². The Balaban J connectivity index is 1.79. The zero-order valence-electron chi connectivity index (χ0n) is 22.5. The highest BCUT2D eigenvalue weighted by atomic mass is 19.4. The van der Waals surface area contributed by atoms with Gasteiger partial charge in [0.05, 0.1) is 47.2 Å². The lowest BCUT2D eigenvalue weighted by Gasteiger charge is -2.33. The maximum absolute atomic E-state index is 14.0. The van der Waals surface area contributed by atoms with Crippen LogP contribution in [0.15, 0.2) is 60.8 Å². The number of hydrogen-bond donors (Lipinski definition) is 2. The van der Waals surface area contributed by atoms with Crippen molar-refractivity contribution >= 4 is 17.4 Å². The Morgan fingerprint density at radius 1 is 1.00 bits per heavy atom. The summed E-state index contributed by atoms with van der Waals surface area (Å²) in [5.41, 5.74) is -4.09. The first-order valence-corrected chi connectivity index (χ1v) is 12.7. The average molecular weight is 582 g/mol. The van der Waals surface area contributed by atoms with Crippen LogP contribution in [0.3, 0.4) is 0 Å². The monoisotopic (exact) mass is 581 g/mol. The third kappa shape index (κ3) is 6.03. The Labute approximate surface area is 232 Å². The number of benzene rings is 2. The molecule has 0 aliphatic carbocycles. The number of aromatic nitrogens is 1. The molecule has 0 saturated carbocycles. The molecule has 1 aliphatic rings. The number of carbonyl (C=O) groups excluding carboxylic acids is 1. The Kier molecular flexibility index (Phi) is 8.12. The third-order valence-electron chi connectivity index (χ3n) is 7.38. The molecular weight excluding hydrogens is 552 g/mol. The lowest BCUT2D eigenvalue weighted by Crippen LogP contribution is -2.43. The average Bonchev–Trinajstić information content (AvgIpc) is 3.31. The molecule has 41 heavy (non-hydrogen) atoms. The van der Waals surface area contributed by atoms with Gasteiger partial charge >= 0.3 is 12.4 Å². The van der Waals surface area contributed by atoms with E-state index in [1.54, 1.807) is 41.3 Å². The number of nitrogens with zero attached hydrogens (tertiary/aromatic N) is 3. The van der Waals surface area contributed by atoms with Crippen molar-refractivity contribution in [3.05, 3.63) is 77.5 Å². The van der Waals surface area contributed by atoms with Gasteiger partial charge in [0.15, 0.2) is 0 Å². The fourth-order valence-corrected chi connectivity index (χ4v) is 5.20. The van der Waals surface area contributed by atoms with Gasteiger partial charge in [-0.25, -0.2) is 4.98 Å². The van der Waals surface area contributed by atoms with Gasteiger partial charge in [0.25, 0.3) is 0 Å². The van der Waals surface area contributed by atoms with Crippen LogP contribution in [-0.2, 0) is 22.6 Å². The van der Waals surface area contributed by atoms with Crippen LogP contribution in [-0.4, -0.2) is 53.4 Å². The highest BCUT2D eigenvalue weighted by Gasteiger charge is 2.44. The number of aliphatic hydroxyl groups excluding tert-OH is 2. The molecule has 1 saturated heterocycles. The van der Waals surface area contributed by atoms with E-state index in [9.17, 15) is 41.4 Å². The molecule has 6 nitrogen and oxygen atoms in total. The first kappa shape index (κ1) is 30.3. The SMILES string of the molecule is CN(C(=O)C(C)(C)c1ccc(C(F)(F)F)cc1C(F)(F)F)c1cnc(N2CC(O)CC2CO)cc1-c1ccccc1. The van der Waals surface area contributed by atoms with Crippen LogP contribution in [0.1, 0.15) is 37.0 Å². The van der Waals surface area contributed by atoms with Crippen LogP contribution < -0.4 is 9.80 Å². The van der Waals surface area contributed by atoms with E-state index in [0.717, 1.165) is 4.90 Å². The molecule has 1 amide bonds. The zero-order valence-corrected chi connectivity index (χ0v) is 22.5. The highest BCUT2D eigenvalue weighted by Crippen LogP contribution is 2.43. The number of likely N-dealkylation sites (N-methyl/N-ethyl adjacent to an activating group) is 1. The fraction of sp³-hybridized carbons (Fsp3) is 0.379. The molecule has 220 valence electrons. The summed E-state index contributed by atoms with van der Waals surface area (Å²) in [6.07, 6.45) is -9.11. The molecule has 2 N–H and O–H groups in total. The molecule has 2 unspecified atom stereocenters. The van der Waals surface area contributed by atoms with E-state index >= 15 is 0 Å². The van der Waals surface area contributed by atoms with Crippen LogP contribution >= 0.6 is 0 Å². The lowest BCUT2D eigenvalue weighted by molar-refractivity contribution is -0.143. The van der Waals surface area contributed by atoms with Crippen LogP contribution in [0.5, 0.6) is 0 Å². The molecule has 0 spiro atoms. The van der Waals surface area contributed by atoms with E-state index in [4.69, 9.17) is 0 Å². The maximum atomic E-state index is 14.0. The molecule has 2 aromatic carbocycles. The number of β-amino-alcohol motifs (C(OH)–C–C–N with tert-alkyl or cyclic N) is 1. The van der Waals surface area contributed by atoms with Crippen molar-refractivity contribution in [3.8, 4) is 11.1 Å². The number of anilines is 2. The summed E-state index contributed by atoms with van der Waals surface area (Å²) in [4.78, 5) is 21.1. The zero-order chi connectivity index (χ0) is 30.3. The molecule has 4 rings (SSSR count). The van der Waals surface area contributed by atoms with Crippen LogP contribution in [0.2, 0.25) is 0 Å². The molecule has 1 aromatic heterocycles. The first-order chi connectivity index (χ1) is 19.1. The Morgan fingerprint density at radius 2 is 1.66 bits per heavy atom. The Morgan fingerprint density at radius 3 is 2.24 bits per heavy atom. The van der Waals surface area contributed by atoms with Gasteiger partial charge in [-0.2, -0.15) is 26.3 Å². The summed E-state index contributed by atoms with van der Waals surface area (Å²) >= 11 is 0. The third-order valence-corrected chi connectivity index (χ3v) is 7.38. The van der Waals surface area contributed by atoms with Gasteiger partial charge in [0.2, 0.25) is 5.91 Å². The molecule has 2 atom stereocenters. The van der Waals surface area contributed by atoms with Crippen molar-refractivity contribution in [2.75, 3.05) is 30.0 Å². The Hall–Kier alpha value is -3.64. The van der Waals surface area contributed by atoms with Crippen molar-refractivity contribution in [1.82, 2.24) is 4.98 Å². The number of halogens is 6. The van der Waals surface area contributed by atoms with Crippen LogP contribution in [0.4, 0.5) is 37.8 Å². The molecule has 1 aliphatic heterocycles. The summed E-state index contributed by atoms with van der Waals surface area (Å²) in [6, 6.07) is 11.4. The van der Waals surface area contributed by atoms with Gasteiger partial charge in [0, 0.05) is 19.2 Å².